The van der Waals surface area contributed by atoms with Crippen molar-refractivity contribution in [3.8, 4) is 5.75 Å². The van der Waals surface area contributed by atoms with E-state index in [1.807, 2.05) is 38.1 Å². The Morgan fingerprint density at radius 2 is 1.69 bits per heavy atom. The van der Waals surface area contributed by atoms with Crippen LogP contribution < -0.4 is 10.1 Å². The van der Waals surface area contributed by atoms with Gasteiger partial charge in [-0.15, -0.1) is 0 Å². The molecule has 2 aromatic carbocycles. The summed E-state index contributed by atoms with van der Waals surface area (Å²) in [5.74, 6) is 0.784. The van der Waals surface area contributed by atoms with Gasteiger partial charge in [0.05, 0.1) is 6.10 Å². The first kappa shape index (κ1) is 21.3. The van der Waals surface area contributed by atoms with Crippen molar-refractivity contribution in [1.82, 2.24) is 5.32 Å². The van der Waals surface area contributed by atoms with Crippen molar-refractivity contribution >= 4 is 34.8 Å². The quantitative estimate of drug-likeness (QED) is 0.472. The fourth-order valence-corrected chi connectivity index (χ4v) is 3.02. The fourth-order valence-electron chi connectivity index (χ4n) is 2.36. The second-order valence-electron chi connectivity index (χ2n) is 6.23. The van der Waals surface area contributed by atoms with Crippen molar-refractivity contribution in [3.63, 3.8) is 0 Å². The highest BCUT2D eigenvalue weighted by Crippen LogP contribution is 2.26. The minimum Gasteiger partial charge on any atom is -0.489 e. The lowest BCUT2D eigenvalue weighted by Crippen LogP contribution is -2.18. The van der Waals surface area contributed by atoms with Gasteiger partial charge in [-0.3, -0.25) is 0 Å². The zero-order valence-electron chi connectivity index (χ0n) is 15.0. The van der Waals surface area contributed by atoms with Gasteiger partial charge in [-0.2, -0.15) is 0 Å². The lowest BCUT2D eigenvalue weighted by molar-refractivity contribution is 0.0770. The van der Waals surface area contributed by atoms with Crippen LogP contribution in [0.1, 0.15) is 31.4 Å². The number of halogens is 3. The first-order chi connectivity index (χ1) is 12.5. The predicted octanol–water partition coefficient (Wildman–Crippen LogP) is 6.13. The van der Waals surface area contributed by atoms with E-state index < -0.39 is 0 Å². The summed E-state index contributed by atoms with van der Waals surface area (Å²) >= 11 is 18.3. The average Bonchev–Trinajstić information content (AvgIpc) is 2.58. The van der Waals surface area contributed by atoms with Gasteiger partial charge in [-0.1, -0.05) is 40.9 Å². The molecule has 26 heavy (non-hydrogen) atoms. The van der Waals surface area contributed by atoms with Gasteiger partial charge in [-0.05, 0) is 57.1 Å². The largest absolute Gasteiger partial charge is 0.489 e. The van der Waals surface area contributed by atoms with Crippen LogP contribution in [0.25, 0.3) is 0 Å². The average molecular weight is 417 g/mol. The molecule has 0 fully saturated rings. The molecule has 0 bridgehead atoms. The smallest absolute Gasteiger partial charge is 0.124 e. The highest BCUT2D eigenvalue weighted by molar-refractivity contribution is 6.35. The molecular weight excluding hydrogens is 393 g/mol. The van der Waals surface area contributed by atoms with Crippen LogP contribution >= 0.6 is 34.8 Å². The van der Waals surface area contributed by atoms with Crippen molar-refractivity contribution < 1.29 is 9.47 Å². The van der Waals surface area contributed by atoms with Crippen LogP contribution in [0.4, 0.5) is 0 Å². The maximum Gasteiger partial charge on any atom is 0.124 e. The van der Waals surface area contributed by atoms with E-state index in [9.17, 15) is 0 Å². The Labute approximate surface area is 170 Å². The highest BCUT2D eigenvalue weighted by Gasteiger charge is 2.07. The summed E-state index contributed by atoms with van der Waals surface area (Å²) in [5.41, 5.74) is 1.89. The summed E-state index contributed by atoms with van der Waals surface area (Å²) in [6.07, 6.45) is 1.22. The third-order valence-electron chi connectivity index (χ3n) is 3.69. The lowest BCUT2D eigenvalue weighted by atomic mass is 10.2. The Morgan fingerprint density at radius 1 is 0.962 bits per heavy atom. The van der Waals surface area contributed by atoms with E-state index in [-0.39, 0.29) is 6.10 Å². The van der Waals surface area contributed by atoms with Gasteiger partial charge in [0.2, 0.25) is 0 Å². The minimum absolute atomic E-state index is 0.266. The van der Waals surface area contributed by atoms with Crippen molar-refractivity contribution in [2.24, 2.45) is 0 Å². The summed E-state index contributed by atoms with van der Waals surface area (Å²) in [6, 6.07) is 11.0. The molecule has 142 valence electrons. The monoisotopic (exact) mass is 415 g/mol. The first-order valence-corrected chi connectivity index (χ1v) is 9.76. The summed E-state index contributed by atoms with van der Waals surface area (Å²) in [4.78, 5) is 0. The van der Waals surface area contributed by atoms with Gasteiger partial charge in [0, 0.05) is 39.3 Å². The third-order valence-corrected chi connectivity index (χ3v) is 4.51. The van der Waals surface area contributed by atoms with E-state index in [4.69, 9.17) is 44.3 Å². The molecule has 0 radical (unpaired) electrons. The minimum atomic E-state index is 0.266. The molecule has 1 N–H and O–H groups in total. The Kier molecular flexibility index (Phi) is 9.03. The van der Waals surface area contributed by atoms with Crippen LogP contribution in [0.5, 0.6) is 5.75 Å². The van der Waals surface area contributed by atoms with Crippen molar-refractivity contribution in [1.29, 1.82) is 0 Å². The lowest BCUT2D eigenvalue weighted by Gasteiger charge is -2.14. The van der Waals surface area contributed by atoms with Crippen molar-refractivity contribution in [3.05, 3.63) is 62.6 Å². The summed E-state index contributed by atoms with van der Waals surface area (Å²) < 4.78 is 11.5. The van der Waals surface area contributed by atoms with Crippen LogP contribution in [-0.2, 0) is 17.9 Å². The molecule has 0 aliphatic carbocycles. The molecule has 2 rings (SSSR count). The molecule has 0 amide bonds. The molecule has 0 heterocycles. The molecule has 0 aliphatic heterocycles. The number of ether oxygens (including phenoxy) is 2. The van der Waals surface area contributed by atoms with Crippen LogP contribution in [0.2, 0.25) is 15.1 Å². The van der Waals surface area contributed by atoms with Crippen LogP contribution in [0.3, 0.4) is 0 Å². The molecule has 3 nitrogen and oxygen atoms in total. The number of nitrogens with one attached hydrogen (secondary N) is 1. The van der Waals surface area contributed by atoms with E-state index in [2.05, 4.69) is 5.32 Å². The van der Waals surface area contributed by atoms with Gasteiger partial charge in [-0.25, -0.2) is 0 Å². The molecule has 0 unspecified atom stereocenters. The van der Waals surface area contributed by atoms with Gasteiger partial charge in [0.1, 0.15) is 12.4 Å². The third kappa shape index (κ3) is 7.34. The first-order valence-electron chi connectivity index (χ1n) is 8.63. The second-order valence-corrected chi connectivity index (χ2v) is 7.51. The molecule has 0 aromatic heterocycles. The molecule has 0 saturated carbocycles. The van der Waals surface area contributed by atoms with E-state index in [1.54, 1.807) is 12.1 Å². The Morgan fingerprint density at radius 3 is 2.42 bits per heavy atom. The van der Waals surface area contributed by atoms with Crippen LogP contribution in [-0.4, -0.2) is 19.3 Å². The topological polar surface area (TPSA) is 30.5 Å². The highest BCUT2D eigenvalue weighted by atomic mass is 35.5. The van der Waals surface area contributed by atoms with E-state index in [1.165, 1.54) is 0 Å². The second kappa shape index (κ2) is 11.0. The van der Waals surface area contributed by atoms with Crippen LogP contribution in [0, 0.1) is 0 Å². The van der Waals surface area contributed by atoms with Gasteiger partial charge in [0.25, 0.3) is 0 Å². The van der Waals surface area contributed by atoms with Crippen molar-refractivity contribution in [2.45, 2.75) is 39.5 Å². The van der Waals surface area contributed by atoms with Crippen LogP contribution in [0.15, 0.2) is 36.4 Å². The Hall–Kier alpha value is -0.970. The zero-order chi connectivity index (χ0) is 18.9. The summed E-state index contributed by atoms with van der Waals surface area (Å²) in [5, 5.41) is 5.28. The van der Waals surface area contributed by atoms with E-state index >= 15 is 0 Å². The van der Waals surface area contributed by atoms with Gasteiger partial charge in [0.15, 0.2) is 0 Å². The Bertz CT molecular complexity index is 707. The zero-order valence-corrected chi connectivity index (χ0v) is 17.3. The number of benzene rings is 2. The normalized spacial score (nSPS) is 11.2. The molecule has 0 spiro atoms. The maximum absolute atomic E-state index is 6.21. The maximum atomic E-state index is 6.21. The van der Waals surface area contributed by atoms with Gasteiger partial charge < -0.3 is 14.8 Å². The Balaban J connectivity index is 1.90. The molecular formula is C20H24Cl3NO2. The fraction of sp³-hybridized carbons (Fsp3) is 0.400. The van der Waals surface area contributed by atoms with E-state index in [0.29, 0.717) is 28.2 Å². The summed E-state index contributed by atoms with van der Waals surface area (Å²) in [7, 11) is 0. The predicted molar refractivity (Wildman–Crippen MR) is 110 cm³/mol. The standard InChI is InChI=1S/C20H24Cl3NO2/c1-14(2)25-9-3-8-24-12-16-10-17(21)6-7-20(16)26-13-15-4-5-18(22)11-19(15)23/h4-7,10-11,14,24H,3,8-9,12-13H2,1-2H3. The number of rotatable bonds is 10. The number of hydrogen-bond acceptors (Lipinski definition) is 3. The molecule has 0 saturated heterocycles. The van der Waals surface area contributed by atoms with Gasteiger partial charge >= 0.3 is 0 Å². The van der Waals surface area contributed by atoms with E-state index in [0.717, 1.165) is 36.4 Å². The SMILES string of the molecule is CC(C)OCCCNCc1cc(Cl)ccc1OCc1ccc(Cl)cc1Cl. The molecule has 2 aromatic rings. The molecule has 0 aliphatic rings. The van der Waals surface area contributed by atoms with Crippen molar-refractivity contribution in [2.75, 3.05) is 13.2 Å². The summed E-state index contributed by atoms with van der Waals surface area (Å²) in [6.45, 7) is 6.73. The molecule has 6 heteroatoms. The number of hydrogen-bond donors (Lipinski definition) is 1. The molecule has 0 atom stereocenters.